The molecule has 110 valence electrons. The predicted octanol–water partition coefficient (Wildman–Crippen LogP) is 1.01. The Morgan fingerprint density at radius 3 is 2.80 bits per heavy atom. The van der Waals surface area contributed by atoms with E-state index in [0.29, 0.717) is 25.4 Å². The van der Waals surface area contributed by atoms with Gasteiger partial charge in [-0.05, 0) is 19.1 Å². The third-order valence-corrected chi connectivity index (χ3v) is 3.16. The van der Waals surface area contributed by atoms with Gasteiger partial charge in [0, 0.05) is 7.05 Å². The van der Waals surface area contributed by atoms with E-state index in [2.05, 4.69) is 0 Å². The number of amides is 2. The van der Waals surface area contributed by atoms with Crippen LogP contribution in [0, 0.1) is 0 Å². The van der Waals surface area contributed by atoms with Gasteiger partial charge in [-0.3, -0.25) is 0 Å². The molecule has 0 unspecified atom stereocenters. The molecule has 0 atom stereocenters. The van der Waals surface area contributed by atoms with E-state index in [-0.39, 0.29) is 12.6 Å². The SMILES string of the molecule is CN(Cc1ccco1)C(=O)N1CC(C)(OCC(=O)O)C1. The molecule has 7 heteroatoms. The van der Waals surface area contributed by atoms with Gasteiger partial charge in [0.05, 0.1) is 25.9 Å². The smallest absolute Gasteiger partial charge is 0.329 e. The molecular formula is C13H18N2O5. The van der Waals surface area contributed by atoms with Gasteiger partial charge in [-0.15, -0.1) is 0 Å². The topological polar surface area (TPSA) is 83.2 Å². The van der Waals surface area contributed by atoms with Crippen LogP contribution in [-0.2, 0) is 16.1 Å². The molecular weight excluding hydrogens is 264 g/mol. The molecule has 0 aliphatic carbocycles. The van der Waals surface area contributed by atoms with Gasteiger partial charge in [0.2, 0.25) is 0 Å². The zero-order chi connectivity index (χ0) is 14.8. The van der Waals surface area contributed by atoms with E-state index in [1.807, 2.05) is 0 Å². The minimum absolute atomic E-state index is 0.127. The third kappa shape index (κ3) is 3.30. The maximum atomic E-state index is 12.1. The van der Waals surface area contributed by atoms with Crippen molar-refractivity contribution >= 4 is 12.0 Å². The molecule has 0 spiro atoms. The van der Waals surface area contributed by atoms with Crippen LogP contribution in [0.2, 0.25) is 0 Å². The molecule has 2 rings (SSSR count). The van der Waals surface area contributed by atoms with Gasteiger partial charge >= 0.3 is 12.0 Å². The second kappa shape index (κ2) is 5.54. The number of carbonyl (C=O) groups excluding carboxylic acids is 1. The van der Waals surface area contributed by atoms with Crippen LogP contribution < -0.4 is 0 Å². The van der Waals surface area contributed by atoms with Crippen LogP contribution in [0.25, 0.3) is 0 Å². The number of furan rings is 1. The summed E-state index contributed by atoms with van der Waals surface area (Å²) in [7, 11) is 1.69. The van der Waals surface area contributed by atoms with Crippen molar-refractivity contribution in [1.82, 2.24) is 9.80 Å². The lowest BCUT2D eigenvalue weighted by atomic mass is 9.97. The quantitative estimate of drug-likeness (QED) is 0.871. The molecule has 2 amide bonds. The third-order valence-electron chi connectivity index (χ3n) is 3.16. The fourth-order valence-corrected chi connectivity index (χ4v) is 2.17. The Morgan fingerprint density at radius 1 is 1.55 bits per heavy atom. The molecule has 0 radical (unpaired) electrons. The summed E-state index contributed by atoms with van der Waals surface area (Å²) in [4.78, 5) is 25.7. The van der Waals surface area contributed by atoms with E-state index in [9.17, 15) is 9.59 Å². The van der Waals surface area contributed by atoms with Crippen molar-refractivity contribution in [3.05, 3.63) is 24.2 Å². The number of carboxylic acid groups (broad SMARTS) is 1. The lowest BCUT2D eigenvalue weighted by Crippen LogP contribution is -2.65. The standard InChI is InChI=1S/C13H18N2O5/c1-13(20-7-11(16)17)8-15(9-13)12(18)14(2)6-10-4-3-5-19-10/h3-5H,6-9H2,1-2H3,(H,16,17). The lowest BCUT2D eigenvalue weighted by molar-refractivity contribution is -0.160. The van der Waals surface area contributed by atoms with Gasteiger partial charge in [0.25, 0.3) is 0 Å². The van der Waals surface area contributed by atoms with Crippen LogP contribution in [-0.4, -0.2) is 59.3 Å². The van der Waals surface area contributed by atoms with Gasteiger partial charge in [-0.2, -0.15) is 0 Å². The molecule has 1 fully saturated rings. The second-order valence-electron chi connectivity index (χ2n) is 5.21. The fraction of sp³-hybridized carbons (Fsp3) is 0.538. The summed E-state index contributed by atoms with van der Waals surface area (Å²) in [5.74, 6) is -0.294. The Kier molecular flexibility index (Phi) is 3.99. The number of urea groups is 1. The maximum absolute atomic E-state index is 12.1. The fourth-order valence-electron chi connectivity index (χ4n) is 2.17. The van der Waals surface area contributed by atoms with E-state index in [4.69, 9.17) is 14.3 Å². The van der Waals surface area contributed by atoms with E-state index < -0.39 is 11.6 Å². The first-order valence-electron chi connectivity index (χ1n) is 6.28. The zero-order valence-corrected chi connectivity index (χ0v) is 11.5. The number of ether oxygens (including phenoxy) is 1. The Labute approximate surface area is 116 Å². The lowest BCUT2D eigenvalue weighted by Gasteiger charge is -2.48. The Balaban J connectivity index is 1.79. The molecule has 1 saturated heterocycles. The Hall–Kier alpha value is -2.02. The zero-order valence-electron chi connectivity index (χ0n) is 11.5. The predicted molar refractivity (Wildman–Crippen MR) is 69.1 cm³/mol. The highest BCUT2D eigenvalue weighted by atomic mass is 16.5. The molecule has 0 aromatic carbocycles. The first-order valence-corrected chi connectivity index (χ1v) is 6.28. The molecule has 0 bridgehead atoms. The monoisotopic (exact) mass is 282 g/mol. The number of likely N-dealkylation sites (tertiary alicyclic amines) is 1. The largest absolute Gasteiger partial charge is 0.480 e. The van der Waals surface area contributed by atoms with Crippen molar-refractivity contribution in [3.8, 4) is 0 Å². The molecule has 1 aliphatic heterocycles. The highest BCUT2D eigenvalue weighted by Gasteiger charge is 2.43. The summed E-state index contributed by atoms with van der Waals surface area (Å²) >= 11 is 0. The summed E-state index contributed by atoms with van der Waals surface area (Å²) in [6.07, 6.45) is 1.56. The molecule has 20 heavy (non-hydrogen) atoms. The molecule has 1 aliphatic rings. The molecule has 1 aromatic heterocycles. The van der Waals surface area contributed by atoms with Crippen LogP contribution in [0.1, 0.15) is 12.7 Å². The van der Waals surface area contributed by atoms with Crippen LogP contribution in [0.15, 0.2) is 22.8 Å². The van der Waals surface area contributed by atoms with E-state index in [1.54, 1.807) is 42.2 Å². The molecule has 1 N–H and O–H groups in total. The van der Waals surface area contributed by atoms with Gasteiger partial charge in [0.1, 0.15) is 18.0 Å². The van der Waals surface area contributed by atoms with Gasteiger partial charge in [-0.1, -0.05) is 0 Å². The van der Waals surface area contributed by atoms with Gasteiger partial charge in [-0.25, -0.2) is 9.59 Å². The average Bonchev–Trinajstić information content (AvgIpc) is 2.84. The summed E-state index contributed by atoms with van der Waals surface area (Å²) in [6, 6.07) is 3.45. The first-order chi connectivity index (χ1) is 9.39. The van der Waals surface area contributed by atoms with Crippen molar-refractivity contribution in [2.45, 2.75) is 19.1 Å². The number of carbonyl (C=O) groups is 2. The van der Waals surface area contributed by atoms with Crippen molar-refractivity contribution < 1.29 is 23.8 Å². The van der Waals surface area contributed by atoms with Crippen molar-refractivity contribution in [2.24, 2.45) is 0 Å². The summed E-state index contributed by atoms with van der Waals surface area (Å²) in [5.41, 5.74) is -0.570. The number of nitrogens with zero attached hydrogens (tertiary/aromatic N) is 2. The maximum Gasteiger partial charge on any atom is 0.329 e. The van der Waals surface area contributed by atoms with Crippen molar-refractivity contribution in [3.63, 3.8) is 0 Å². The Morgan fingerprint density at radius 2 is 2.25 bits per heavy atom. The van der Waals surface area contributed by atoms with E-state index in [0.717, 1.165) is 0 Å². The van der Waals surface area contributed by atoms with Crippen molar-refractivity contribution in [1.29, 1.82) is 0 Å². The normalized spacial score (nSPS) is 16.6. The summed E-state index contributed by atoms with van der Waals surface area (Å²) < 4.78 is 10.5. The van der Waals surface area contributed by atoms with Crippen LogP contribution >= 0.6 is 0 Å². The molecule has 7 nitrogen and oxygen atoms in total. The van der Waals surface area contributed by atoms with Crippen LogP contribution in [0.4, 0.5) is 4.79 Å². The minimum Gasteiger partial charge on any atom is -0.480 e. The molecule has 2 heterocycles. The van der Waals surface area contributed by atoms with Crippen molar-refractivity contribution in [2.75, 3.05) is 26.7 Å². The number of aliphatic carboxylic acids is 1. The highest BCUT2D eigenvalue weighted by Crippen LogP contribution is 2.25. The van der Waals surface area contributed by atoms with Crippen LogP contribution in [0.3, 0.4) is 0 Å². The van der Waals surface area contributed by atoms with Gasteiger partial charge in [0.15, 0.2) is 0 Å². The number of hydrogen-bond donors (Lipinski definition) is 1. The number of hydrogen-bond acceptors (Lipinski definition) is 4. The van der Waals surface area contributed by atoms with Gasteiger partial charge < -0.3 is 24.1 Å². The minimum atomic E-state index is -1.01. The average molecular weight is 282 g/mol. The Bertz CT molecular complexity index is 479. The van der Waals surface area contributed by atoms with E-state index >= 15 is 0 Å². The summed E-state index contributed by atoms with van der Waals surface area (Å²) in [5, 5.41) is 8.58. The molecule has 1 aromatic rings. The second-order valence-corrected chi connectivity index (χ2v) is 5.21. The number of carboxylic acids is 1. The van der Waals surface area contributed by atoms with Crippen LogP contribution in [0.5, 0.6) is 0 Å². The first kappa shape index (κ1) is 14.4. The number of rotatable bonds is 5. The highest BCUT2D eigenvalue weighted by molar-refractivity contribution is 5.75. The summed E-state index contributed by atoms with van der Waals surface area (Å²) in [6.45, 7) is 2.63. The molecule has 0 saturated carbocycles. The van der Waals surface area contributed by atoms with E-state index in [1.165, 1.54) is 0 Å².